The minimum atomic E-state index is -0.758. The van der Waals surface area contributed by atoms with Crippen molar-refractivity contribution in [2.45, 2.75) is 52.2 Å². The summed E-state index contributed by atoms with van der Waals surface area (Å²) in [5.74, 6) is 0.803. The Balaban J connectivity index is 2.59. The van der Waals surface area contributed by atoms with Crippen molar-refractivity contribution >= 4 is 11.6 Å². The van der Waals surface area contributed by atoms with Crippen molar-refractivity contribution in [1.29, 1.82) is 0 Å². The molecule has 0 radical (unpaired) electrons. The third kappa shape index (κ3) is 2.18. The summed E-state index contributed by atoms with van der Waals surface area (Å²) in [6, 6.07) is 5.92. The summed E-state index contributed by atoms with van der Waals surface area (Å²) in [4.78, 5) is 14.7. The van der Waals surface area contributed by atoms with Crippen molar-refractivity contribution in [2.75, 3.05) is 11.4 Å². The highest BCUT2D eigenvalue weighted by atomic mass is 16.5. The minimum absolute atomic E-state index is 0.0264. The van der Waals surface area contributed by atoms with Crippen LogP contribution in [0.1, 0.15) is 39.2 Å². The lowest BCUT2D eigenvalue weighted by molar-refractivity contribution is -0.136. The molecule has 1 aliphatic rings. The summed E-state index contributed by atoms with van der Waals surface area (Å²) in [7, 11) is 0. The van der Waals surface area contributed by atoms with Crippen LogP contribution in [0.15, 0.2) is 18.2 Å². The van der Waals surface area contributed by atoms with Crippen molar-refractivity contribution in [2.24, 2.45) is 5.73 Å². The average molecular weight is 276 g/mol. The maximum Gasteiger partial charge on any atom is 0.271 e. The van der Waals surface area contributed by atoms with Gasteiger partial charge in [0.2, 0.25) is 0 Å². The first kappa shape index (κ1) is 14.9. The van der Waals surface area contributed by atoms with Crippen LogP contribution in [-0.4, -0.2) is 24.1 Å². The lowest BCUT2D eigenvalue weighted by atomic mass is 9.91. The number of rotatable bonds is 4. The molecule has 1 aromatic rings. The van der Waals surface area contributed by atoms with E-state index in [1.54, 1.807) is 0 Å². The van der Waals surface area contributed by atoms with Crippen LogP contribution in [0.25, 0.3) is 0 Å². The summed E-state index contributed by atoms with van der Waals surface area (Å²) < 4.78 is 6.08. The molecule has 4 heteroatoms. The molecule has 1 aromatic carbocycles. The molecule has 110 valence electrons. The maximum absolute atomic E-state index is 12.9. The normalized spacial score (nSPS) is 18.4. The Morgan fingerprint density at radius 2 is 2.00 bits per heavy atom. The van der Waals surface area contributed by atoms with Gasteiger partial charge in [-0.25, -0.2) is 0 Å². The zero-order valence-corrected chi connectivity index (χ0v) is 12.8. The SMILES string of the molecule is CCC1(CC)Oc2ccc(C)cc2N(C(C)CN)C1=O. The maximum atomic E-state index is 12.9. The number of nitrogens with two attached hydrogens (primary N) is 1. The van der Waals surface area contributed by atoms with E-state index in [4.69, 9.17) is 10.5 Å². The third-order valence-electron chi connectivity index (χ3n) is 4.21. The molecule has 2 N–H and O–H groups in total. The largest absolute Gasteiger partial charge is 0.475 e. The molecule has 0 bridgehead atoms. The Kier molecular flexibility index (Phi) is 4.04. The molecule has 0 aliphatic carbocycles. The molecule has 0 saturated heterocycles. The summed E-state index contributed by atoms with van der Waals surface area (Å²) in [6.45, 7) is 8.41. The minimum Gasteiger partial charge on any atom is -0.475 e. The summed E-state index contributed by atoms with van der Waals surface area (Å²) >= 11 is 0. The number of carbonyl (C=O) groups is 1. The number of carbonyl (C=O) groups excluding carboxylic acids is 1. The van der Waals surface area contributed by atoms with Gasteiger partial charge >= 0.3 is 0 Å². The third-order valence-corrected chi connectivity index (χ3v) is 4.21. The number of hydrogen-bond donors (Lipinski definition) is 1. The molecule has 4 nitrogen and oxygen atoms in total. The van der Waals surface area contributed by atoms with Crippen molar-refractivity contribution in [1.82, 2.24) is 0 Å². The van der Waals surface area contributed by atoms with Gasteiger partial charge in [0.25, 0.3) is 5.91 Å². The van der Waals surface area contributed by atoms with Crippen LogP contribution in [0.4, 0.5) is 5.69 Å². The van der Waals surface area contributed by atoms with Gasteiger partial charge in [0, 0.05) is 12.6 Å². The second kappa shape index (κ2) is 5.44. The fourth-order valence-electron chi connectivity index (χ4n) is 2.72. The van der Waals surface area contributed by atoms with Gasteiger partial charge in [0.05, 0.1) is 5.69 Å². The standard InChI is InChI=1S/C16H24N2O2/c1-5-16(6-2)15(19)18(12(4)10-17)13-9-11(3)7-8-14(13)20-16/h7-9,12H,5-6,10,17H2,1-4H3. The predicted molar refractivity (Wildman–Crippen MR) is 81.1 cm³/mol. The Labute approximate surface area is 120 Å². The summed E-state index contributed by atoms with van der Waals surface area (Å²) in [6.07, 6.45) is 1.31. The molecule has 1 unspecified atom stereocenters. The molecule has 0 aromatic heterocycles. The van der Waals surface area contributed by atoms with Crippen LogP contribution in [0.3, 0.4) is 0 Å². The van der Waals surface area contributed by atoms with Gasteiger partial charge in [0.15, 0.2) is 5.60 Å². The van der Waals surface area contributed by atoms with Crippen LogP contribution in [0.5, 0.6) is 5.75 Å². The highest BCUT2D eigenvalue weighted by molar-refractivity contribution is 6.03. The number of nitrogens with zero attached hydrogens (tertiary/aromatic N) is 1. The van der Waals surface area contributed by atoms with E-state index >= 15 is 0 Å². The van der Waals surface area contributed by atoms with E-state index in [0.29, 0.717) is 19.4 Å². The van der Waals surface area contributed by atoms with Gasteiger partial charge in [-0.3, -0.25) is 4.79 Å². The lowest BCUT2D eigenvalue weighted by Crippen LogP contribution is -2.59. The molecule has 0 saturated carbocycles. The molecule has 1 amide bonds. The number of amides is 1. The van der Waals surface area contributed by atoms with Gasteiger partial charge in [-0.2, -0.15) is 0 Å². The zero-order valence-electron chi connectivity index (χ0n) is 12.8. The lowest BCUT2D eigenvalue weighted by Gasteiger charge is -2.44. The number of aryl methyl sites for hydroxylation is 1. The highest BCUT2D eigenvalue weighted by Gasteiger charge is 2.46. The first-order valence-electron chi connectivity index (χ1n) is 7.32. The molecule has 2 rings (SSSR count). The molecular formula is C16H24N2O2. The smallest absolute Gasteiger partial charge is 0.271 e. The molecule has 1 heterocycles. The number of ether oxygens (including phenoxy) is 1. The first-order valence-corrected chi connectivity index (χ1v) is 7.32. The monoisotopic (exact) mass is 276 g/mol. The molecule has 1 atom stereocenters. The van der Waals surface area contributed by atoms with E-state index in [9.17, 15) is 4.79 Å². The Morgan fingerprint density at radius 3 is 2.55 bits per heavy atom. The quantitative estimate of drug-likeness (QED) is 0.919. The molecule has 0 spiro atoms. The summed E-state index contributed by atoms with van der Waals surface area (Å²) in [5, 5.41) is 0. The number of benzene rings is 1. The predicted octanol–water partition coefficient (Wildman–Crippen LogP) is 2.63. The zero-order chi connectivity index (χ0) is 14.9. The Morgan fingerprint density at radius 1 is 1.35 bits per heavy atom. The van der Waals surface area contributed by atoms with E-state index in [2.05, 4.69) is 0 Å². The number of fused-ring (bicyclic) bond motifs is 1. The van der Waals surface area contributed by atoms with Crippen molar-refractivity contribution in [3.8, 4) is 5.75 Å². The van der Waals surface area contributed by atoms with E-state index in [1.807, 2.05) is 50.8 Å². The van der Waals surface area contributed by atoms with E-state index in [-0.39, 0.29) is 11.9 Å². The van der Waals surface area contributed by atoms with Crippen LogP contribution in [0, 0.1) is 6.92 Å². The molecule has 20 heavy (non-hydrogen) atoms. The topological polar surface area (TPSA) is 55.6 Å². The van der Waals surface area contributed by atoms with Crippen LogP contribution in [-0.2, 0) is 4.79 Å². The fourth-order valence-corrected chi connectivity index (χ4v) is 2.72. The van der Waals surface area contributed by atoms with E-state index < -0.39 is 5.60 Å². The van der Waals surface area contributed by atoms with Gasteiger partial charge in [-0.1, -0.05) is 19.9 Å². The molecule has 0 fully saturated rings. The second-order valence-corrected chi connectivity index (χ2v) is 5.53. The van der Waals surface area contributed by atoms with Crippen LogP contribution < -0.4 is 15.4 Å². The van der Waals surface area contributed by atoms with E-state index in [0.717, 1.165) is 17.0 Å². The number of hydrogen-bond acceptors (Lipinski definition) is 3. The van der Waals surface area contributed by atoms with Crippen molar-refractivity contribution < 1.29 is 9.53 Å². The van der Waals surface area contributed by atoms with E-state index in [1.165, 1.54) is 0 Å². The Hall–Kier alpha value is -1.55. The molecular weight excluding hydrogens is 252 g/mol. The second-order valence-electron chi connectivity index (χ2n) is 5.53. The highest BCUT2D eigenvalue weighted by Crippen LogP contribution is 2.41. The van der Waals surface area contributed by atoms with Gasteiger partial charge in [0.1, 0.15) is 5.75 Å². The summed E-state index contributed by atoms with van der Waals surface area (Å²) in [5.41, 5.74) is 6.98. The van der Waals surface area contributed by atoms with Crippen LogP contribution >= 0.6 is 0 Å². The van der Waals surface area contributed by atoms with Crippen molar-refractivity contribution in [3.63, 3.8) is 0 Å². The van der Waals surface area contributed by atoms with Gasteiger partial charge < -0.3 is 15.4 Å². The van der Waals surface area contributed by atoms with Crippen LogP contribution in [0.2, 0.25) is 0 Å². The van der Waals surface area contributed by atoms with Gasteiger partial charge in [-0.05, 0) is 44.4 Å². The molecule has 1 aliphatic heterocycles. The number of anilines is 1. The average Bonchev–Trinajstić information content (AvgIpc) is 2.46. The first-order chi connectivity index (χ1) is 9.49. The van der Waals surface area contributed by atoms with Gasteiger partial charge in [-0.15, -0.1) is 0 Å². The Bertz CT molecular complexity index is 509. The van der Waals surface area contributed by atoms with Crippen molar-refractivity contribution in [3.05, 3.63) is 23.8 Å². The fraction of sp³-hybridized carbons (Fsp3) is 0.562.